The minimum Gasteiger partial charge on any atom is -0.490 e. The molecule has 1 aliphatic heterocycles. The monoisotopic (exact) mass is 645 g/mol. The molecule has 0 radical (unpaired) electrons. The summed E-state index contributed by atoms with van der Waals surface area (Å²) in [5.41, 5.74) is 10.2. The molecular weight excluding hydrogens is 626 g/mol. The van der Waals surface area contributed by atoms with E-state index in [4.69, 9.17) is 30.3 Å². The Morgan fingerprint density at radius 1 is 1.03 bits per heavy atom. The van der Waals surface area contributed by atoms with Gasteiger partial charge in [-0.25, -0.2) is 0 Å². The third kappa shape index (κ3) is 4.74. The first kappa shape index (κ1) is 26.4. The molecule has 194 valence electrons. The highest BCUT2D eigenvalue weighted by Crippen LogP contribution is 2.53. The molecule has 0 aliphatic carbocycles. The molecule has 4 aromatic rings. The van der Waals surface area contributed by atoms with Gasteiger partial charge in [-0.05, 0) is 62.5 Å². The van der Waals surface area contributed by atoms with Crippen molar-refractivity contribution in [3.63, 3.8) is 0 Å². The van der Waals surface area contributed by atoms with Gasteiger partial charge in [-0.3, -0.25) is 0 Å². The Kier molecular flexibility index (Phi) is 7.60. The summed E-state index contributed by atoms with van der Waals surface area (Å²) in [5.74, 6) is 0.518. The summed E-state index contributed by atoms with van der Waals surface area (Å²) < 4.78 is 20.6. The van der Waals surface area contributed by atoms with Crippen LogP contribution in [0.5, 0.6) is 17.4 Å². The summed E-state index contributed by atoms with van der Waals surface area (Å²) in [5, 5.41) is 24.3. The Morgan fingerprint density at radius 2 is 1.72 bits per heavy atom. The molecule has 0 fully saturated rings. The second-order valence-electron chi connectivity index (χ2n) is 8.41. The van der Waals surface area contributed by atoms with E-state index in [0.29, 0.717) is 49.8 Å². The Labute approximate surface area is 242 Å². The fourth-order valence-electron chi connectivity index (χ4n) is 4.52. The lowest BCUT2D eigenvalue weighted by Crippen LogP contribution is -2.22. The van der Waals surface area contributed by atoms with Gasteiger partial charge in [-0.1, -0.05) is 48.5 Å². The van der Waals surface area contributed by atoms with Crippen LogP contribution in [-0.2, 0) is 0 Å². The normalized spacial score (nSPS) is 14.1. The maximum absolute atomic E-state index is 10.3. The molecule has 0 amide bonds. The average Bonchev–Trinajstić information content (AvgIpc) is 3.34. The van der Waals surface area contributed by atoms with Crippen LogP contribution < -0.4 is 19.9 Å². The molecule has 10 heteroatoms. The predicted molar refractivity (Wildman–Crippen MR) is 152 cm³/mol. The van der Waals surface area contributed by atoms with Crippen molar-refractivity contribution >= 4 is 31.9 Å². The molecule has 3 aromatic carbocycles. The van der Waals surface area contributed by atoms with Crippen molar-refractivity contribution in [1.29, 1.82) is 10.5 Å². The molecule has 0 saturated carbocycles. The number of nitrogens with zero attached hydrogens (tertiary/aromatic N) is 4. The number of aromatic nitrogens is 2. The lowest BCUT2D eigenvalue weighted by molar-refractivity contribution is 0.296. The molecule has 0 spiro atoms. The highest BCUT2D eigenvalue weighted by molar-refractivity contribution is 9.13. The maximum Gasteiger partial charge on any atom is 0.229 e. The Morgan fingerprint density at radius 3 is 2.36 bits per heavy atom. The van der Waals surface area contributed by atoms with E-state index in [1.807, 2.05) is 73.7 Å². The molecule has 2 heterocycles. The van der Waals surface area contributed by atoms with Crippen molar-refractivity contribution in [1.82, 2.24) is 9.78 Å². The van der Waals surface area contributed by atoms with Crippen LogP contribution in [-0.4, -0.2) is 23.0 Å². The standard InChI is InChI=1S/C29H21Br2N5O3/c1-2-37-21-15-19(24(30)25(31)27(21)38-14-13-32)22-20(16-33)28(34)39-29-23(22)26(17-9-5-3-6-10-17)35-36(29)18-11-7-4-8-12-18/h3-12,15,22H,2,14,34H2,1H3. The first-order chi connectivity index (χ1) is 19.0. The van der Waals surface area contributed by atoms with Gasteiger partial charge in [-0.15, -0.1) is 0 Å². The van der Waals surface area contributed by atoms with Crippen molar-refractivity contribution in [2.45, 2.75) is 12.8 Å². The Hall–Kier alpha value is -4.25. The number of nitriles is 2. The number of fused-ring (bicyclic) bond motifs is 1. The SMILES string of the molecule is CCOc1cc(C2C(C#N)=C(N)Oc3c2c(-c2ccccc2)nn3-c2ccccc2)c(Br)c(Br)c1OCC#N. The first-order valence-electron chi connectivity index (χ1n) is 12.0. The van der Waals surface area contributed by atoms with Crippen LogP contribution in [0, 0.1) is 22.7 Å². The van der Waals surface area contributed by atoms with Crippen LogP contribution in [0.1, 0.15) is 24.0 Å². The molecule has 1 unspecified atom stereocenters. The molecule has 0 saturated heterocycles. The molecule has 1 aliphatic rings. The summed E-state index contributed by atoms with van der Waals surface area (Å²) in [4.78, 5) is 0. The summed E-state index contributed by atoms with van der Waals surface area (Å²) in [6, 6.07) is 25.3. The zero-order valence-electron chi connectivity index (χ0n) is 20.7. The molecular formula is C29H21Br2N5O3. The number of nitrogens with two attached hydrogens (primary N) is 1. The van der Waals surface area contributed by atoms with E-state index in [0.717, 1.165) is 11.3 Å². The highest BCUT2D eigenvalue weighted by atomic mass is 79.9. The van der Waals surface area contributed by atoms with Gasteiger partial charge in [0.1, 0.15) is 23.4 Å². The zero-order valence-corrected chi connectivity index (χ0v) is 23.9. The molecule has 0 bridgehead atoms. The summed E-state index contributed by atoms with van der Waals surface area (Å²) in [6.45, 7) is 2.05. The van der Waals surface area contributed by atoms with Gasteiger partial charge in [0.2, 0.25) is 11.8 Å². The van der Waals surface area contributed by atoms with Gasteiger partial charge < -0.3 is 19.9 Å². The Balaban J connectivity index is 1.83. The third-order valence-corrected chi connectivity index (χ3v) is 8.29. The number of benzene rings is 3. The van der Waals surface area contributed by atoms with Crippen LogP contribution in [0.3, 0.4) is 0 Å². The van der Waals surface area contributed by atoms with Gasteiger partial charge in [0.05, 0.1) is 28.2 Å². The van der Waals surface area contributed by atoms with Gasteiger partial charge in [0, 0.05) is 10.0 Å². The number of rotatable bonds is 7. The number of hydrogen-bond donors (Lipinski definition) is 1. The Bertz CT molecular complexity index is 1650. The highest BCUT2D eigenvalue weighted by Gasteiger charge is 2.39. The number of allylic oxidation sites excluding steroid dienone is 1. The largest absolute Gasteiger partial charge is 0.490 e. The summed E-state index contributed by atoms with van der Waals surface area (Å²) in [7, 11) is 0. The first-order valence-corrected chi connectivity index (χ1v) is 13.5. The molecule has 39 heavy (non-hydrogen) atoms. The second kappa shape index (κ2) is 11.2. The lowest BCUT2D eigenvalue weighted by Gasteiger charge is -2.27. The van der Waals surface area contributed by atoms with Crippen molar-refractivity contribution in [2.24, 2.45) is 5.73 Å². The van der Waals surface area contributed by atoms with E-state index < -0.39 is 5.92 Å². The second-order valence-corrected chi connectivity index (χ2v) is 9.99. The van der Waals surface area contributed by atoms with E-state index in [2.05, 4.69) is 37.9 Å². The number of para-hydroxylation sites is 1. The van der Waals surface area contributed by atoms with E-state index in [1.54, 1.807) is 10.7 Å². The maximum atomic E-state index is 10.3. The van der Waals surface area contributed by atoms with E-state index in [9.17, 15) is 5.26 Å². The minimum absolute atomic E-state index is 0.0162. The van der Waals surface area contributed by atoms with E-state index in [-0.39, 0.29) is 18.1 Å². The summed E-state index contributed by atoms with van der Waals surface area (Å²) >= 11 is 7.31. The summed E-state index contributed by atoms with van der Waals surface area (Å²) in [6.07, 6.45) is 0. The molecule has 5 rings (SSSR count). The third-order valence-electron chi connectivity index (χ3n) is 6.14. The molecule has 1 aromatic heterocycles. The van der Waals surface area contributed by atoms with Crippen molar-refractivity contribution in [2.75, 3.05) is 13.2 Å². The van der Waals surface area contributed by atoms with E-state index in [1.165, 1.54) is 0 Å². The number of ether oxygens (including phenoxy) is 3. The van der Waals surface area contributed by atoms with Crippen molar-refractivity contribution in [3.05, 3.63) is 98.3 Å². The van der Waals surface area contributed by atoms with Gasteiger partial charge in [0.25, 0.3) is 0 Å². The molecule has 2 N–H and O–H groups in total. The van der Waals surface area contributed by atoms with Crippen LogP contribution in [0.25, 0.3) is 16.9 Å². The minimum atomic E-state index is -0.665. The topological polar surface area (TPSA) is 119 Å². The fraction of sp³-hybridized carbons (Fsp3) is 0.138. The molecule has 8 nitrogen and oxygen atoms in total. The van der Waals surface area contributed by atoms with Crippen LogP contribution in [0.2, 0.25) is 0 Å². The van der Waals surface area contributed by atoms with Crippen molar-refractivity contribution < 1.29 is 14.2 Å². The fourth-order valence-corrected chi connectivity index (χ4v) is 5.58. The molecule has 1 atom stereocenters. The number of hydrogen-bond acceptors (Lipinski definition) is 7. The van der Waals surface area contributed by atoms with Crippen LogP contribution in [0.4, 0.5) is 0 Å². The van der Waals surface area contributed by atoms with E-state index >= 15 is 0 Å². The van der Waals surface area contributed by atoms with Crippen LogP contribution >= 0.6 is 31.9 Å². The number of halogens is 2. The van der Waals surface area contributed by atoms with Gasteiger partial charge >= 0.3 is 0 Å². The average molecular weight is 647 g/mol. The van der Waals surface area contributed by atoms with Crippen LogP contribution in [0.15, 0.2) is 87.1 Å². The quantitative estimate of drug-likeness (QED) is 0.241. The van der Waals surface area contributed by atoms with Gasteiger partial charge in [-0.2, -0.15) is 20.3 Å². The lowest BCUT2D eigenvalue weighted by atomic mass is 9.83. The zero-order chi connectivity index (χ0) is 27.5. The predicted octanol–water partition coefficient (Wildman–Crippen LogP) is 6.58. The van der Waals surface area contributed by atoms with Crippen molar-refractivity contribution in [3.8, 4) is 46.5 Å². The smallest absolute Gasteiger partial charge is 0.229 e. The van der Waals surface area contributed by atoms with Gasteiger partial charge in [0.15, 0.2) is 18.1 Å².